The van der Waals surface area contributed by atoms with E-state index in [1.807, 2.05) is 30.0 Å². The molecule has 6 nitrogen and oxygen atoms in total. The lowest BCUT2D eigenvalue weighted by Gasteiger charge is -2.35. The molecule has 1 aliphatic heterocycles. The standard InChI is InChI=1S/C20H21Cl2N3O3/c1-2-9-23-20(27)18-11-25(16-5-3-4-6-17(16)28-18)12-19(26)24-15-10-13(21)7-8-14(15)22/h3-8,10,18H,2,9,11-12H2,1H3,(H,23,27)(H,24,26)/t18-/m0/s1. The fourth-order valence-corrected chi connectivity index (χ4v) is 3.25. The quantitative estimate of drug-likeness (QED) is 0.745. The third-order valence-corrected chi connectivity index (χ3v) is 4.80. The first-order chi connectivity index (χ1) is 13.5. The topological polar surface area (TPSA) is 70.7 Å². The van der Waals surface area contributed by atoms with Crippen LogP contribution in [0.2, 0.25) is 10.0 Å². The molecule has 2 aromatic rings. The van der Waals surface area contributed by atoms with E-state index in [-0.39, 0.29) is 24.9 Å². The van der Waals surface area contributed by atoms with Crippen molar-refractivity contribution in [1.82, 2.24) is 5.32 Å². The van der Waals surface area contributed by atoms with Crippen LogP contribution in [0.3, 0.4) is 0 Å². The molecular weight excluding hydrogens is 401 g/mol. The van der Waals surface area contributed by atoms with E-state index >= 15 is 0 Å². The van der Waals surface area contributed by atoms with Gasteiger partial charge in [-0.1, -0.05) is 42.3 Å². The predicted octanol–water partition coefficient (Wildman–Crippen LogP) is 3.73. The van der Waals surface area contributed by atoms with E-state index in [2.05, 4.69) is 10.6 Å². The zero-order chi connectivity index (χ0) is 20.1. The summed E-state index contributed by atoms with van der Waals surface area (Å²) in [5.41, 5.74) is 1.20. The Balaban J connectivity index is 1.74. The normalized spacial score (nSPS) is 15.4. The van der Waals surface area contributed by atoms with Gasteiger partial charge in [-0.15, -0.1) is 0 Å². The molecule has 0 unspecified atom stereocenters. The van der Waals surface area contributed by atoms with Gasteiger partial charge < -0.3 is 20.3 Å². The van der Waals surface area contributed by atoms with Gasteiger partial charge in [-0.25, -0.2) is 0 Å². The Bertz CT molecular complexity index is 876. The molecule has 2 amide bonds. The van der Waals surface area contributed by atoms with Crippen LogP contribution in [0.15, 0.2) is 42.5 Å². The van der Waals surface area contributed by atoms with Crippen LogP contribution >= 0.6 is 23.2 Å². The largest absolute Gasteiger partial charge is 0.477 e. The van der Waals surface area contributed by atoms with E-state index in [4.69, 9.17) is 27.9 Å². The first-order valence-electron chi connectivity index (χ1n) is 9.01. The summed E-state index contributed by atoms with van der Waals surface area (Å²) in [6.07, 6.45) is 0.144. The minimum atomic E-state index is -0.691. The van der Waals surface area contributed by atoms with Crippen LogP contribution < -0.4 is 20.3 Å². The maximum absolute atomic E-state index is 12.6. The van der Waals surface area contributed by atoms with E-state index in [9.17, 15) is 9.59 Å². The van der Waals surface area contributed by atoms with Gasteiger partial charge in [0.1, 0.15) is 5.75 Å². The molecule has 8 heteroatoms. The molecular formula is C20H21Cl2N3O3. The maximum atomic E-state index is 12.6. The van der Waals surface area contributed by atoms with E-state index in [1.165, 1.54) is 0 Å². The number of rotatable bonds is 6. The number of nitrogens with one attached hydrogen (secondary N) is 2. The molecule has 1 aliphatic rings. The van der Waals surface area contributed by atoms with E-state index in [1.54, 1.807) is 24.3 Å². The number of anilines is 2. The van der Waals surface area contributed by atoms with Crippen LogP contribution in [0.5, 0.6) is 5.75 Å². The van der Waals surface area contributed by atoms with E-state index < -0.39 is 6.10 Å². The third kappa shape index (κ3) is 4.88. The van der Waals surface area contributed by atoms with Crippen molar-refractivity contribution in [3.05, 3.63) is 52.5 Å². The summed E-state index contributed by atoms with van der Waals surface area (Å²) in [6.45, 7) is 2.87. The number of carbonyl (C=O) groups excluding carboxylic acids is 2. The highest BCUT2D eigenvalue weighted by atomic mass is 35.5. The number of benzene rings is 2. The molecule has 3 rings (SSSR count). The zero-order valence-corrected chi connectivity index (χ0v) is 16.9. The van der Waals surface area contributed by atoms with Gasteiger partial charge in [0.15, 0.2) is 6.10 Å². The zero-order valence-electron chi connectivity index (χ0n) is 15.4. The minimum absolute atomic E-state index is 0.0424. The van der Waals surface area contributed by atoms with Crippen molar-refractivity contribution in [3.8, 4) is 5.75 Å². The number of hydrogen-bond donors (Lipinski definition) is 2. The van der Waals surface area contributed by atoms with Crippen molar-refractivity contribution in [3.63, 3.8) is 0 Å². The minimum Gasteiger partial charge on any atom is -0.477 e. The molecule has 1 atom stereocenters. The molecule has 28 heavy (non-hydrogen) atoms. The first-order valence-corrected chi connectivity index (χ1v) is 9.76. The molecule has 0 aromatic heterocycles. The van der Waals surface area contributed by atoms with Crippen LogP contribution in [0.25, 0.3) is 0 Å². The monoisotopic (exact) mass is 421 g/mol. The Hall–Kier alpha value is -2.44. The molecule has 2 aromatic carbocycles. The second-order valence-corrected chi connectivity index (χ2v) is 7.26. The summed E-state index contributed by atoms with van der Waals surface area (Å²) < 4.78 is 5.83. The van der Waals surface area contributed by atoms with Crippen LogP contribution in [0, 0.1) is 0 Å². The summed E-state index contributed by atoms with van der Waals surface area (Å²) in [4.78, 5) is 26.8. The van der Waals surface area contributed by atoms with Crippen LogP contribution in [0.1, 0.15) is 13.3 Å². The number of para-hydroxylation sites is 2. The molecule has 0 saturated carbocycles. The fraction of sp³-hybridized carbons (Fsp3) is 0.300. The summed E-state index contributed by atoms with van der Waals surface area (Å²) in [5, 5.41) is 6.48. The number of nitrogens with zero attached hydrogens (tertiary/aromatic N) is 1. The van der Waals surface area contributed by atoms with Crippen LogP contribution in [-0.2, 0) is 9.59 Å². The van der Waals surface area contributed by atoms with Gasteiger partial charge in [-0.05, 0) is 36.8 Å². The Kier molecular flexibility index (Phi) is 6.65. The Morgan fingerprint density at radius 3 is 2.79 bits per heavy atom. The van der Waals surface area contributed by atoms with Crippen molar-refractivity contribution >= 4 is 46.4 Å². The SMILES string of the molecule is CCCNC(=O)[C@@H]1CN(CC(=O)Nc2cc(Cl)ccc2Cl)c2ccccc2O1. The Morgan fingerprint density at radius 1 is 1.21 bits per heavy atom. The van der Waals surface area contributed by atoms with Crippen LogP contribution in [0.4, 0.5) is 11.4 Å². The summed E-state index contributed by atoms with van der Waals surface area (Å²) >= 11 is 12.1. The highest BCUT2D eigenvalue weighted by Crippen LogP contribution is 2.33. The van der Waals surface area contributed by atoms with Gasteiger partial charge >= 0.3 is 0 Å². The van der Waals surface area contributed by atoms with Crippen molar-refractivity contribution in [2.24, 2.45) is 0 Å². The lowest BCUT2D eigenvalue weighted by Crippen LogP contribution is -2.50. The molecule has 0 saturated heterocycles. The van der Waals surface area contributed by atoms with E-state index in [0.717, 1.165) is 12.1 Å². The molecule has 0 spiro atoms. The van der Waals surface area contributed by atoms with Crippen molar-refractivity contribution in [1.29, 1.82) is 0 Å². The second kappa shape index (κ2) is 9.17. The smallest absolute Gasteiger partial charge is 0.262 e. The van der Waals surface area contributed by atoms with Crippen molar-refractivity contribution in [2.45, 2.75) is 19.4 Å². The lowest BCUT2D eigenvalue weighted by atomic mass is 10.1. The number of ether oxygens (including phenoxy) is 1. The lowest BCUT2D eigenvalue weighted by molar-refractivity contribution is -0.128. The average molecular weight is 422 g/mol. The number of carbonyl (C=O) groups is 2. The summed E-state index contributed by atoms with van der Waals surface area (Å²) in [6, 6.07) is 12.2. The number of amides is 2. The van der Waals surface area contributed by atoms with Gasteiger partial charge in [-0.3, -0.25) is 9.59 Å². The van der Waals surface area contributed by atoms with Gasteiger partial charge in [0.05, 0.1) is 29.5 Å². The molecule has 148 valence electrons. The van der Waals surface area contributed by atoms with Gasteiger partial charge in [-0.2, -0.15) is 0 Å². The molecule has 2 N–H and O–H groups in total. The molecule has 0 fully saturated rings. The highest BCUT2D eigenvalue weighted by Gasteiger charge is 2.31. The fourth-order valence-electron chi connectivity index (χ4n) is 2.91. The Labute approximate surface area is 173 Å². The van der Waals surface area contributed by atoms with Gasteiger partial charge in [0.2, 0.25) is 5.91 Å². The first kappa shape index (κ1) is 20.3. The van der Waals surface area contributed by atoms with E-state index in [0.29, 0.717) is 28.0 Å². The Morgan fingerprint density at radius 2 is 2.00 bits per heavy atom. The number of hydrogen-bond acceptors (Lipinski definition) is 4. The van der Waals surface area contributed by atoms with Gasteiger partial charge in [0.25, 0.3) is 5.91 Å². The number of halogens is 2. The predicted molar refractivity (Wildman–Crippen MR) is 111 cm³/mol. The highest BCUT2D eigenvalue weighted by molar-refractivity contribution is 6.35. The maximum Gasteiger partial charge on any atom is 0.262 e. The molecule has 0 bridgehead atoms. The van der Waals surface area contributed by atoms with Crippen molar-refractivity contribution in [2.75, 3.05) is 29.9 Å². The molecule has 0 aliphatic carbocycles. The molecule has 1 heterocycles. The third-order valence-electron chi connectivity index (χ3n) is 4.24. The van der Waals surface area contributed by atoms with Crippen LogP contribution in [-0.4, -0.2) is 37.6 Å². The van der Waals surface area contributed by atoms with Crippen molar-refractivity contribution < 1.29 is 14.3 Å². The summed E-state index contributed by atoms with van der Waals surface area (Å²) in [5.74, 6) is 0.104. The van der Waals surface area contributed by atoms with Gasteiger partial charge in [0, 0.05) is 11.6 Å². The number of fused-ring (bicyclic) bond motifs is 1. The molecule has 0 radical (unpaired) electrons. The average Bonchev–Trinajstić information content (AvgIpc) is 2.68. The second-order valence-electron chi connectivity index (χ2n) is 6.42. The summed E-state index contributed by atoms with van der Waals surface area (Å²) in [7, 11) is 0.